The molecule has 0 saturated heterocycles. The molecule has 1 N–H and O–H groups in total. The average Bonchev–Trinajstić information content (AvgIpc) is 3.11. The number of hydrogen-bond acceptors (Lipinski definition) is 4. The molecule has 1 aliphatic heterocycles. The molecule has 1 atom stereocenters. The van der Waals surface area contributed by atoms with Crippen LogP contribution in [0.1, 0.15) is 49.8 Å². The summed E-state index contributed by atoms with van der Waals surface area (Å²) in [7, 11) is 0. The summed E-state index contributed by atoms with van der Waals surface area (Å²) >= 11 is 0. The van der Waals surface area contributed by atoms with Crippen LogP contribution in [0, 0.1) is 0 Å². The Balaban J connectivity index is 1.61. The Labute approximate surface area is 164 Å². The van der Waals surface area contributed by atoms with Crippen molar-refractivity contribution in [2.75, 3.05) is 5.32 Å². The number of benzene rings is 1. The maximum atomic E-state index is 12.4. The maximum Gasteiger partial charge on any atom is 0.226 e. The lowest BCUT2D eigenvalue weighted by molar-refractivity contribution is -0.116. The molecule has 1 unspecified atom stereocenters. The van der Waals surface area contributed by atoms with E-state index < -0.39 is 0 Å². The quantitative estimate of drug-likeness (QED) is 0.745. The van der Waals surface area contributed by atoms with E-state index in [2.05, 4.69) is 36.2 Å². The third kappa shape index (κ3) is 3.63. The summed E-state index contributed by atoms with van der Waals surface area (Å²) < 4.78 is 7.82. The molecule has 1 amide bonds. The average molecular weight is 376 g/mol. The second kappa shape index (κ2) is 7.11. The summed E-state index contributed by atoms with van der Waals surface area (Å²) in [6.45, 7) is 6.67. The van der Waals surface area contributed by atoms with Crippen molar-refractivity contribution < 1.29 is 9.53 Å². The minimum absolute atomic E-state index is 0.00480. The number of nitrogens with one attached hydrogen (secondary N) is 1. The number of ether oxygens (including phenoxy) is 1. The van der Waals surface area contributed by atoms with Crippen LogP contribution in [0.15, 0.2) is 55.0 Å². The summed E-state index contributed by atoms with van der Waals surface area (Å²) in [5.74, 6) is 1.53. The Morgan fingerprint density at radius 3 is 2.82 bits per heavy atom. The van der Waals surface area contributed by atoms with Crippen molar-refractivity contribution in [3.63, 3.8) is 0 Å². The molecule has 0 radical (unpaired) electrons. The third-order valence-electron chi connectivity index (χ3n) is 4.84. The molecule has 0 saturated carbocycles. The second-order valence-electron chi connectivity index (χ2n) is 8.06. The molecule has 144 valence electrons. The third-order valence-corrected chi connectivity index (χ3v) is 4.84. The van der Waals surface area contributed by atoms with Crippen molar-refractivity contribution in [1.29, 1.82) is 0 Å². The van der Waals surface area contributed by atoms with E-state index in [0.717, 1.165) is 28.3 Å². The van der Waals surface area contributed by atoms with Crippen LogP contribution in [0.3, 0.4) is 0 Å². The minimum Gasteiger partial charge on any atom is -0.489 e. The van der Waals surface area contributed by atoms with Gasteiger partial charge in [0.15, 0.2) is 0 Å². The van der Waals surface area contributed by atoms with Crippen molar-refractivity contribution in [2.24, 2.45) is 0 Å². The standard InChI is InChI=1S/C22H24N4O2/c1-22(2,3)26-21-19(13-24-26)18(11-20(27)25-21)16-7-4-8-17(10-16)28-14-15-6-5-9-23-12-15/h4-10,12-13,18H,11,14H2,1-3H3,(H,25,27). The first-order valence-electron chi connectivity index (χ1n) is 9.42. The molecule has 6 heteroatoms. The topological polar surface area (TPSA) is 69.0 Å². The monoisotopic (exact) mass is 376 g/mol. The van der Waals surface area contributed by atoms with E-state index in [1.165, 1.54) is 0 Å². The van der Waals surface area contributed by atoms with Gasteiger partial charge < -0.3 is 10.1 Å². The highest BCUT2D eigenvalue weighted by atomic mass is 16.5. The lowest BCUT2D eigenvalue weighted by Crippen LogP contribution is -2.30. The molecule has 0 fully saturated rings. The van der Waals surface area contributed by atoms with Crippen molar-refractivity contribution >= 4 is 11.7 Å². The van der Waals surface area contributed by atoms with Gasteiger partial charge in [0.2, 0.25) is 5.91 Å². The fraction of sp³-hybridized carbons (Fsp3) is 0.318. The van der Waals surface area contributed by atoms with Crippen molar-refractivity contribution in [3.8, 4) is 5.75 Å². The zero-order valence-corrected chi connectivity index (χ0v) is 16.3. The largest absolute Gasteiger partial charge is 0.489 e. The maximum absolute atomic E-state index is 12.4. The van der Waals surface area contributed by atoms with Crippen molar-refractivity contribution in [2.45, 2.75) is 45.3 Å². The normalized spacial score (nSPS) is 16.4. The summed E-state index contributed by atoms with van der Waals surface area (Å²) in [6, 6.07) is 11.8. The molecule has 0 bridgehead atoms. The number of rotatable bonds is 4. The van der Waals surface area contributed by atoms with E-state index in [4.69, 9.17) is 4.74 Å². The zero-order valence-electron chi connectivity index (χ0n) is 16.3. The van der Waals surface area contributed by atoms with E-state index in [1.807, 2.05) is 47.3 Å². The molecular weight excluding hydrogens is 352 g/mol. The van der Waals surface area contributed by atoms with E-state index in [9.17, 15) is 4.79 Å². The highest BCUT2D eigenvalue weighted by Crippen LogP contribution is 2.39. The fourth-order valence-electron chi connectivity index (χ4n) is 3.50. The Bertz CT molecular complexity index is 989. The molecule has 3 aromatic rings. The number of hydrogen-bond donors (Lipinski definition) is 1. The van der Waals surface area contributed by atoms with Crippen molar-refractivity contribution in [3.05, 3.63) is 71.7 Å². The van der Waals surface area contributed by atoms with E-state index in [-0.39, 0.29) is 17.4 Å². The zero-order chi connectivity index (χ0) is 19.7. The van der Waals surface area contributed by atoms with Crippen LogP contribution in [0.5, 0.6) is 5.75 Å². The number of aromatic nitrogens is 3. The minimum atomic E-state index is -0.211. The van der Waals surface area contributed by atoms with Crippen LogP contribution in [-0.2, 0) is 16.9 Å². The van der Waals surface area contributed by atoms with Crippen LogP contribution in [0.4, 0.5) is 5.82 Å². The van der Waals surface area contributed by atoms with Crippen LogP contribution < -0.4 is 10.1 Å². The summed E-state index contributed by atoms with van der Waals surface area (Å²) in [5.41, 5.74) is 2.89. The molecule has 0 spiro atoms. The first kappa shape index (κ1) is 18.2. The van der Waals surface area contributed by atoms with Gasteiger partial charge in [0.1, 0.15) is 18.2 Å². The molecule has 6 nitrogen and oxygen atoms in total. The number of carbonyl (C=O) groups is 1. The van der Waals surface area contributed by atoms with Gasteiger partial charge in [-0.2, -0.15) is 5.10 Å². The smallest absolute Gasteiger partial charge is 0.226 e. The van der Waals surface area contributed by atoms with Crippen molar-refractivity contribution in [1.82, 2.24) is 14.8 Å². The van der Waals surface area contributed by atoms with Crippen LogP contribution in [0.25, 0.3) is 0 Å². The number of anilines is 1. The van der Waals surface area contributed by atoms with Crippen LogP contribution >= 0.6 is 0 Å². The molecule has 2 aromatic heterocycles. The number of amides is 1. The summed E-state index contributed by atoms with van der Waals surface area (Å²) in [4.78, 5) is 16.5. The van der Waals surface area contributed by atoms with Gasteiger partial charge in [-0.05, 0) is 44.5 Å². The molecular formula is C22H24N4O2. The van der Waals surface area contributed by atoms with Gasteiger partial charge in [0, 0.05) is 35.9 Å². The predicted octanol–water partition coefficient (Wildman–Crippen LogP) is 4.09. The van der Waals surface area contributed by atoms with Gasteiger partial charge in [-0.15, -0.1) is 0 Å². The first-order chi connectivity index (χ1) is 13.4. The number of pyridine rings is 1. The highest BCUT2D eigenvalue weighted by Gasteiger charge is 2.32. The van der Waals surface area contributed by atoms with Gasteiger partial charge in [-0.1, -0.05) is 18.2 Å². The van der Waals surface area contributed by atoms with Gasteiger partial charge in [-0.3, -0.25) is 9.78 Å². The first-order valence-corrected chi connectivity index (χ1v) is 9.42. The number of nitrogens with zero attached hydrogens (tertiary/aromatic N) is 3. The Kier molecular flexibility index (Phi) is 4.63. The van der Waals surface area contributed by atoms with Crippen LogP contribution in [0.2, 0.25) is 0 Å². The van der Waals surface area contributed by atoms with Gasteiger partial charge >= 0.3 is 0 Å². The lowest BCUT2D eigenvalue weighted by atomic mass is 9.87. The number of carbonyl (C=O) groups excluding carboxylic acids is 1. The Morgan fingerprint density at radius 2 is 2.07 bits per heavy atom. The fourth-order valence-corrected chi connectivity index (χ4v) is 3.50. The molecule has 3 heterocycles. The Morgan fingerprint density at radius 1 is 1.21 bits per heavy atom. The highest BCUT2D eigenvalue weighted by molar-refractivity contribution is 5.94. The second-order valence-corrected chi connectivity index (χ2v) is 8.06. The summed E-state index contributed by atoms with van der Waals surface area (Å²) in [5, 5.41) is 7.54. The van der Waals surface area contributed by atoms with E-state index in [0.29, 0.717) is 13.0 Å². The molecule has 1 aromatic carbocycles. The van der Waals surface area contributed by atoms with E-state index >= 15 is 0 Å². The predicted molar refractivity (Wildman–Crippen MR) is 107 cm³/mol. The SMILES string of the molecule is CC(C)(C)n1ncc2c1NC(=O)CC2c1cccc(OCc2cccnc2)c1. The van der Waals surface area contributed by atoms with Gasteiger partial charge in [-0.25, -0.2) is 4.68 Å². The van der Waals surface area contributed by atoms with Gasteiger partial charge in [0.25, 0.3) is 0 Å². The molecule has 1 aliphatic rings. The lowest BCUT2D eigenvalue weighted by Gasteiger charge is -2.28. The molecule has 0 aliphatic carbocycles. The van der Waals surface area contributed by atoms with E-state index in [1.54, 1.807) is 12.4 Å². The van der Waals surface area contributed by atoms with Gasteiger partial charge in [0.05, 0.1) is 11.7 Å². The van der Waals surface area contributed by atoms with Crippen LogP contribution in [-0.4, -0.2) is 20.7 Å². The summed E-state index contributed by atoms with van der Waals surface area (Å²) in [6.07, 6.45) is 5.80. The molecule has 4 rings (SSSR count). The molecule has 28 heavy (non-hydrogen) atoms. The Hall–Kier alpha value is -3.15. The number of fused-ring (bicyclic) bond motifs is 1.